The van der Waals surface area contributed by atoms with Gasteiger partial charge in [-0.05, 0) is 42.4 Å². The van der Waals surface area contributed by atoms with Gasteiger partial charge < -0.3 is 5.32 Å². The Kier molecular flexibility index (Phi) is 1.94. The molecule has 1 aliphatic carbocycles. The quantitative estimate of drug-likeness (QED) is 0.839. The standard InChI is InChI=1S/C8H10IN3/c1-8(2-3-8)12-7-10-4-6(9)5-11-7/h4-5H,2-3H2,1H3,(H,10,11,12). The highest BCUT2D eigenvalue weighted by atomic mass is 127. The molecule has 1 N–H and O–H groups in total. The number of anilines is 1. The molecular formula is C8H10IN3. The number of rotatable bonds is 2. The zero-order valence-electron chi connectivity index (χ0n) is 6.84. The third-order valence-electron chi connectivity index (χ3n) is 2.03. The Balaban J connectivity index is 2.08. The lowest BCUT2D eigenvalue weighted by atomic mass is 10.3. The molecule has 0 saturated heterocycles. The van der Waals surface area contributed by atoms with Crippen LogP contribution in [0.25, 0.3) is 0 Å². The molecule has 0 spiro atoms. The molecule has 0 unspecified atom stereocenters. The molecule has 1 aromatic heterocycles. The lowest BCUT2D eigenvalue weighted by Gasteiger charge is -2.09. The zero-order chi connectivity index (χ0) is 8.60. The Morgan fingerprint density at radius 3 is 2.50 bits per heavy atom. The Morgan fingerprint density at radius 2 is 2.00 bits per heavy atom. The first-order valence-corrected chi connectivity index (χ1v) is 5.02. The Bertz CT molecular complexity index is 279. The van der Waals surface area contributed by atoms with E-state index in [1.807, 2.05) is 12.4 Å². The molecule has 2 rings (SSSR count). The molecule has 1 saturated carbocycles. The van der Waals surface area contributed by atoms with Crippen molar-refractivity contribution >= 4 is 28.5 Å². The number of nitrogens with zero attached hydrogens (tertiary/aromatic N) is 2. The van der Waals surface area contributed by atoms with E-state index < -0.39 is 0 Å². The fourth-order valence-corrected chi connectivity index (χ4v) is 1.24. The van der Waals surface area contributed by atoms with Crippen LogP contribution in [0.15, 0.2) is 12.4 Å². The predicted octanol–water partition coefficient (Wildman–Crippen LogP) is 2.05. The predicted molar refractivity (Wildman–Crippen MR) is 56.0 cm³/mol. The van der Waals surface area contributed by atoms with Gasteiger partial charge >= 0.3 is 0 Å². The molecule has 1 heterocycles. The van der Waals surface area contributed by atoms with Crippen molar-refractivity contribution in [3.05, 3.63) is 16.0 Å². The average Bonchev–Trinajstić information content (AvgIpc) is 2.74. The van der Waals surface area contributed by atoms with Crippen molar-refractivity contribution in [3.63, 3.8) is 0 Å². The maximum atomic E-state index is 4.17. The Hall–Kier alpha value is -0.390. The molecule has 3 nitrogen and oxygen atoms in total. The molecule has 0 radical (unpaired) electrons. The van der Waals surface area contributed by atoms with Crippen LogP contribution < -0.4 is 5.32 Å². The second-order valence-electron chi connectivity index (χ2n) is 3.41. The highest BCUT2D eigenvalue weighted by molar-refractivity contribution is 14.1. The van der Waals surface area contributed by atoms with Crippen molar-refractivity contribution in [3.8, 4) is 0 Å². The Morgan fingerprint density at radius 1 is 1.42 bits per heavy atom. The summed E-state index contributed by atoms with van der Waals surface area (Å²) < 4.78 is 1.07. The summed E-state index contributed by atoms with van der Waals surface area (Å²) in [6.07, 6.45) is 6.09. The van der Waals surface area contributed by atoms with Crippen molar-refractivity contribution in [2.75, 3.05) is 5.32 Å². The van der Waals surface area contributed by atoms with Gasteiger partial charge in [0.25, 0.3) is 0 Å². The minimum Gasteiger partial charge on any atom is -0.349 e. The van der Waals surface area contributed by atoms with E-state index in [9.17, 15) is 0 Å². The first-order valence-electron chi connectivity index (χ1n) is 3.94. The maximum Gasteiger partial charge on any atom is 0.223 e. The van der Waals surface area contributed by atoms with E-state index in [-0.39, 0.29) is 5.54 Å². The van der Waals surface area contributed by atoms with Crippen LogP contribution in [0.1, 0.15) is 19.8 Å². The van der Waals surface area contributed by atoms with E-state index in [0.717, 1.165) is 9.52 Å². The number of nitrogens with one attached hydrogen (secondary N) is 1. The number of aromatic nitrogens is 2. The first-order chi connectivity index (χ1) is 5.68. The Labute approximate surface area is 85.1 Å². The molecule has 0 bridgehead atoms. The van der Waals surface area contributed by atoms with E-state index in [1.165, 1.54) is 12.8 Å². The van der Waals surface area contributed by atoms with Crippen molar-refractivity contribution in [2.24, 2.45) is 0 Å². The topological polar surface area (TPSA) is 37.8 Å². The summed E-state index contributed by atoms with van der Waals surface area (Å²) in [5, 5.41) is 3.29. The number of halogens is 1. The molecule has 0 amide bonds. The van der Waals surface area contributed by atoms with Crippen LogP contribution in [0.5, 0.6) is 0 Å². The SMILES string of the molecule is CC1(Nc2ncc(I)cn2)CC1. The fourth-order valence-electron chi connectivity index (χ4n) is 0.959. The molecule has 1 aliphatic rings. The highest BCUT2D eigenvalue weighted by Crippen LogP contribution is 2.37. The summed E-state index contributed by atoms with van der Waals surface area (Å²) in [5.74, 6) is 0.746. The molecule has 1 fully saturated rings. The van der Waals surface area contributed by atoms with Crippen molar-refractivity contribution in [1.29, 1.82) is 0 Å². The highest BCUT2D eigenvalue weighted by Gasteiger charge is 2.37. The molecule has 4 heteroatoms. The van der Waals surface area contributed by atoms with Crippen LogP contribution in [0.4, 0.5) is 5.95 Å². The minimum absolute atomic E-state index is 0.271. The monoisotopic (exact) mass is 275 g/mol. The van der Waals surface area contributed by atoms with Crippen molar-refractivity contribution in [2.45, 2.75) is 25.3 Å². The second kappa shape index (κ2) is 2.83. The first kappa shape index (κ1) is 8.22. The van der Waals surface area contributed by atoms with E-state index >= 15 is 0 Å². The van der Waals surface area contributed by atoms with Gasteiger partial charge in [-0.2, -0.15) is 0 Å². The molecular weight excluding hydrogens is 265 g/mol. The van der Waals surface area contributed by atoms with Gasteiger partial charge in [0.2, 0.25) is 5.95 Å². The minimum atomic E-state index is 0.271. The third-order valence-corrected chi connectivity index (χ3v) is 2.59. The van der Waals surface area contributed by atoms with Crippen LogP contribution in [0.2, 0.25) is 0 Å². The second-order valence-corrected chi connectivity index (χ2v) is 4.66. The van der Waals surface area contributed by atoms with Crippen LogP contribution in [0.3, 0.4) is 0 Å². The smallest absolute Gasteiger partial charge is 0.223 e. The summed E-state index contributed by atoms with van der Waals surface area (Å²) in [5.41, 5.74) is 0.271. The summed E-state index contributed by atoms with van der Waals surface area (Å²) in [7, 11) is 0. The molecule has 0 aromatic carbocycles. The van der Waals surface area contributed by atoms with Gasteiger partial charge in [0.05, 0.1) is 0 Å². The number of hydrogen-bond acceptors (Lipinski definition) is 3. The third kappa shape index (κ3) is 1.85. The van der Waals surface area contributed by atoms with Crippen LogP contribution >= 0.6 is 22.6 Å². The normalized spacial score (nSPS) is 18.8. The van der Waals surface area contributed by atoms with E-state index in [2.05, 4.69) is 44.8 Å². The van der Waals surface area contributed by atoms with Crippen LogP contribution in [-0.4, -0.2) is 15.5 Å². The van der Waals surface area contributed by atoms with Gasteiger partial charge in [0, 0.05) is 21.5 Å². The zero-order valence-corrected chi connectivity index (χ0v) is 9.00. The fraction of sp³-hybridized carbons (Fsp3) is 0.500. The molecule has 12 heavy (non-hydrogen) atoms. The lowest BCUT2D eigenvalue weighted by molar-refractivity contribution is 0.809. The summed E-state index contributed by atoms with van der Waals surface area (Å²) >= 11 is 2.20. The number of hydrogen-bond donors (Lipinski definition) is 1. The van der Waals surface area contributed by atoms with E-state index in [1.54, 1.807) is 0 Å². The maximum absolute atomic E-state index is 4.17. The van der Waals surface area contributed by atoms with Crippen molar-refractivity contribution in [1.82, 2.24) is 9.97 Å². The largest absolute Gasteiger partial charge is 0.349 e. The van der Waals surface area contributed by atoms with Gasteiger partial charge in [-0.1, -0.05) is 0 Å². The van der Waals surface area contributed by atoms with Crippen LogP contribution in [-0.2, 0) is 0 Å². The lowest BCUT2D eigenvalue weighted by Crippen LogP contribution is -2.17. The van der Waals surface area contributed by atoms with Gasteiger partial charge in [-0.3, -0.25) is 0 Å². The van der Waals surface area contributed by atoms with Crippen molar-refractivity contribution < 1.29 is 0 Å². The summed E-state index contributed by atoms with van der Waals surface area (Å²) in [4.78, 5) is 8.35. The summed E-state index contributed by atoms with van der Waals surface area (Å²) in [6.45, 7) is 2.19. The van der Waals surface area contributed by atoms with Gasteiger partial charge in [0.1, 0.15) is 0 Å². The summed E-state index contributed by atoms with van der Waals surface area (Å²) in [6, 6.07) is 0. The molecule has 0 atom stereocenters. The molecule has 64 valence electrons. The van der Waals surface area contributed by atoms with Gasteiger partial charge in [-0.25, -0.2) is 9.97 Å². The van der Waals surface area contributed by atoms with Gasteiger partial charge in [0.15, 0.2) is 0 Å². The average molecular weight is 275 g/mol. The van der Waals surface area contributed by atoms with E-state index in [4.69, 9.17) is 0 Å². The van der Waals surface area contributed by atoms with Crippen LogP contribution in [0, 0.1) is 3.57 Å². The van der Waals surface area contributed by atoms with Gasteiger partial charge in [-0.15, -0.1) is 0 Å². The van der Waals surface area contributed by atoms with E-state index in [0.29, 0.717) is 0 Å². The molecule has 1 aromatic rings. The molecule has 0 aliphatic heterocycles.